The third-order valence-corrected chi connectivity index (χ3v) is 2.44. The van der Waals surface area contributed by atoms with Crippen molar-refractivity contribution in [3.05, 3.63) is 18.2 Å². The summed E-state index contributed by atoms with van der Waals surface area (Å²) in [6.07, 6.45) is 2.92. The van der Waals surface area contributed by atoms with Crippen molar-refractivity contribution >= 4 is 11.5 Å². The summed E-state index contributed by atoms with van der Waals surface area (Å²) >= 11 is 0. The van der Waals surface area contributed by atoms with Gasteiger partial charge in [0.1, 0.15) is 17.2 Å². The van der Waals surface area contributed by atoms with Gasteiger partial charge in [-0.3, -0.25) is 0 Å². The van der Waals surface area contributed by atoms with Crippen LogP contribution in [0.2, 0.25) is 0 Å². The van der Waals surface area contributed by atoms with Crippen LogP contribution in [0.15, 0.2) is 23.2 Å². The van der Waals surface area contributed by atoms with Gasteiger partial charge >= 0.3 is 0 Å². The van der Waals surface area contributed by atoms with Crippen LogP contribution in [0.4, 0.5) is 5.69 Å². The number of nitrogens with zero attached hydrogens (tertiary/aromatic N) is 1. The Bertz CT molecular complexity index is 367. The van der Waals surface area contributed by atoms with Crippen LogP contribution in [0, 0.1) is 0 Å². The highest BCUT2D eigenvalue weighted by atomic mass is 16.5. The van der Waals surface area contributed by atoms with Crippen LogP contribution in [-0.2, 0) is 0 Å². The Balaban J connectivity index is 3.01. The molecular formula is C13H20N2O2. The maximum Gasteiger partial charge on any atom is 0.149 e. The van der Waals surface area contributed by atoms with Gasteiger partial charge in [-0.25, -0.2) is 4.99 Å². The van der Waals surface area contributed by atoms with Gasteiger partial charge < -0.3 is 15.2 Å². The van der Waals surface area contributed by atoms with Gasteiger partial charge in [0.2, 0.25) is 0 Å². The van der Waals surface area contributed by atoms with Gasteiger partial charge in [-0.2, -0.15) is 0 Å². The van der Waals surface area contributed by atoms with Crippen molar-refractivity contribution in [2.75, 3.05) is 14.2 Å². The van der Waals surface area contributed by atoms with E-state index < -0.39 is 0 Å². The molecule has 0 atom stereocenters. The summed E-state index contributed by atoms with van der Waals surface area (Å²) in [5.41, 5.74) is 6.54. The lowest BCUT2D eigenvalue weighted by molar-refractivity contribution is 0.397. The molecule has 4 nitrogen and oxygen atoms in total. The largest absolute Gasteiger partial charge is 0.494 e. The van der Waals surface area contributed by atoms with Crippen LogP contribution in [-0.4, -0.2) is 20.1 Å². The molecule has 0 aromatic heterocycles. The van der Waals surface area contributed by atoms with E-state index in [1.807, 2.05) is 18.2 Å². The molecule has 0 amide bonds. The van der Waals surface area contributed by atoms with E-state index in [1.165, 1.54) is 0 Å². The van der Waals surface area contributed by atoms with Gasteiger partial charge in [0.15, 0.2) is 0 Å². The first-order valence-electron chi connectivity index (χ1n) is 5.77. The predicted octanol–water partition coefficient (Wildman–Crippen LogP) is 2.88. The molecule has 0 spiro atoms. The molecular weight excluding hydrogens is 216 g/mol. The topological polar surface area (TPSA) is 56.8 Å². The number of benzene rings is 1. The monoisotopic (exact) mass is 236 g/mol. The van der Waals surface area contributed by atoms with E-state index in [9.17, 15) is 0 Å². The summed E-state index contributed by atoms with van der Waals surface area (Å²) in [5, 5.41) is 0. The molecule has 4 heteroatoms. The number of para-hydroxylation sites is 1. The number of aliphatic imine (C=N–C) groups is 1. The molecule has 1 aromatic carbocycles. The summed E-state index contributed by atoms with van der Waals surface area (Å²) in [4.78, 5) is 4.38. The molecule has 0 aliphatic heterocycles. The average molecular weight is 236 g/mol. The van der Waals surface area contributed by atoms with Gasteiger partial charge in [-0.1, -0.05) is 19.4 Å². The number of ether oxygens (including phenoxy) is 2. The summed E-state index contributed by atoms with van der Waals surface area (Å²) in [6, 6.07) is 5.54. The standard InChI is InChI=1S/C13H20N2O2/c1-4-5-9-12(14)15-13-10(16-2)7-6-8-11(13)17-3/h6-8H,4-5,9H2,1-3H3,(H2,14,15). The Morgan fingerprint density at radius 1 is 1.24 bits per heavy atom. The molecule has 0 heterocycles. The number of methoxy groups -OCH3 is 2. The highest BCUT2D eigenvalue weighted by Crippen LogP contribution is 2.36. The van der Waals surface area contributed by atoms with Crippen LogP contribution in [0.25, 0.3) is 0 Å². The summed E-state index contributed by atoms with van der Waals surface area (Å²) < 4.78 is 10.5. The molecule has 0 radical (unpaired) electrons. The van der Waals surface area contributed by atoms with Gasteiger partial charge in [0.25, 0.3) is 0 Å². The smallest absolute Gasteiger partial charge is 0.149 e. The molecule has 0 unspecified atom stereocenters. The van der Waals surface area contributed by atoms with Crippen molar-refractivity contribution in [3.63, 3.8) is 0 Å². The molecule has 2 N–H and O–H groups in total. The Kier molecular flexibility index (Phi) is 5.33. The molecule has 0 saturated carbocycles. The quantitative estimate of drug-likeness (QED) is 0.610. The first-order valence-corrected chi connectivity index (χ1v) is 5.77. The number of hydrogen-bond acceptors (Lipinski definition) is 3. The maximum absolute atomic E-state index is 5.88. The highest BCUT2D eigenvalue weighted by Gasteiger charge is 2.08. The third kappa shape index (κ3) is 3.66. The minimum Gasteiger partial charge on any atom is -0.494 e. The second-order valence-electron chi connectivity index (χ2n) is 3.72. The Morgan fingerprint density at radius 3 is 2.29 bits per heavy atom. The summed E-state index contributed by atoms with van der Waals surface area (Å²) in [6.45, 7) is 2.12. The molecule has 0 bridgehead atoms. The second kappa shape index (κ2) is 6.78. The molecule has 0 aliphatic rings. The van der Waals surface area contributed by atoms with Crippen molar-refractivity contribution in [1.82, 2.24) is 0 Å². The van der Waals surface area contributed by atoms with Crippen molar-refractivity contribution < 1.29 is 9.47 Å². The van der Waals surface area contributed by atoms with Gasteiger partial charge in [0, 0.05) is 6.42 Å². The fourth-order valence-corrected chi connectivity index (χ4v) is 1.50. The van der Waals surface area contributed by atoms with E-state index in [4.69, 9.17) is 15.2 Å². The van der Waals surface area contributed by atoms with Crippen molar-refractivity contribution in [2.45, 2.75) is 26.2 Å². The zero-order valence-corrected chi connectivity index (χ0v) is 10.7. The zero-order valence-electron chi connectivity index (χ0n) is 10.7. The lowest BCUT2D eigenvalue weighted by atomic mass is 10.2. The van der Waals surface area contributed by atoms with E-state index in [-0.39, 0.29) is 0 Å². The van der Waals surface area contributed by atoms with Crippen LogP contribution < -0.4 is 15.2 Å². The fourth-order valence-electron chi connectivity index (χ4n) is 1.50. The molecule has 1 aromatic rings. The Labute approximate surface area is 102 Å². The maximum atomic E-state index is 5.88. The lowest BCUT2D eigenvalue weighted by Crippen LogP contribution is -2.10. The van der Waals surface area contributed by atoms with Crippen molar-refractivity contribution in [1.29, 1.82) is 0 Å². The first kappa shape index (κ1) is 13.4. The minimum atomic E-state index is 0.606. The van der Waals surface area contributed by atoms with E-state index in [2.05, 4.69) is 11.9 Å². The minimum absolute atomic E-state index is 0.606. The van der Waals surface area contributed by atoms with Crippen LogP contribution >= 0.6 is 0 Å². The number of hydrogen-bond donors (Lipinski definition) is 1. The van der Waals surface area contributed by atoms with Crippen molar-refractivity contribution in [3.8, 4) is 11.5 Å². The molecule has 94 valence electrons. The van der Waals surface area contributed by atoms with E-state index in [0.29, 0.717) is 23.0 Å². The average Bonchev–Trinajstić information content (AvgIpc) is 2.36. The van der Waals surface area contributed by atoms with Crippen LogP contribution in [0.1, 0.15) is 26.2 Å². The predicted molar refractivity (Wildman–Crippen MR) is 70.4 cm³/mol. The fraction of sp³-hybridized carbons (Fsp3) is 0.462. The molecule has 17 heavy (non-hydrogen) atoms. The Morgan fingerprint density at radius 2 is 1.82 bits per heavy atom. The summed E-state index contributed by atoms with van der Waals surface area (Å²) in [7, 11) is 3.21. The van der Waals surface area contributed by atoms with Crippen molar-refractivity contribution in [2.24, 2.45) is 10.7 Å². The van der Waals surface area contributed by atoms with Gasteiger partial charge in [-0.15, -0.1) is 0 Å². The highest BCUT2D eigenvalue weighted by molar-refractivity contribution is 5.85. The SMILES string of the molecule is CCCCC(N)=Nc1c(OC)cccc1OC. The first-order chi connectivity index (χ1) is 8.22. The normalized spacial score (nSPS) is 11.4. The zero-order chi connectivity index (χ0) is 12.7. The second-order valence-corrected chi connectivity index (χ2v) is 3.72. The van der Waals surface area contributed by atoms with E-state index in [0.717, 1.165) is 19.3 Å². The lowest BCUT2D eigenvalue weighted by Gasteiger charge is -2.10. The van der Waals surface area contributed by atoms with Crippen LogP contribution in [0.5, 0.6) is 11.5 Å². The van der Waals surface area contributed by atoms with Crippen LogP contribution in [0.3, 0.4) is 0 Å². The van der Waals surface area contributed by atoms with Gasteiger partial charge in [0.05, 0.1) is 20.1 Å². The number of nitrogens with two attached hydrogens (primary N) is 1. The van der Waals surface area contributed by atoms with E-state index >= 15 is 0 Å². The third-order valence-electron chi connectivity index (χ3n) is 2.44. The Hall–Kier alpha value is -1.71. The molecule has 0 fully saturated rings. The number of rotatable bonds is 6. The summed E-state index contributed by atoms with van der Waals surface area (Å²) in [5.74, 6) is 1.95. The molecule has 0 saturated heterocycles. The molecule has 1 rings (SSSR count). The molecule has 0 aliphatic carbocycles. The number of unbranched alkanes of at least 4 members (excludes halogenated alkanes) is 1. The van der Waals surface area contributed by atoms with Gasteiger partial charge in [-0.05, 0) is 18.6 Å². The number of amidine groups is 1. The van der Waals surface area contributed by atoms with E-state index in [1.54, 1.807) is 14.2 Å².